The lowest BCUT2D eigenvalue weighted by Gasteiger charge is -2.65. The van der Waals surface area contributed by atoms with Crippen LogP contribution in [-0.4, -0.2) is 35.4 Å². The molecule has 2 aliphatic heterocycles. The van der Waals surface area contributed by atoms with Crippen LogP contribution in [0.5, 0.6) is 0 Å². The Hall–Kier alpha value is -0.120. The molecule has 8 atom stereocenters. The number of fused-ring (bicyclic) bond motifs is 3. The molecule has 0 bridgehead atoms. The fourth-order valence-electron chi connectivity index (χ4n) is 8.37. The third-order valence-corrected chi connectivity index (χ3v) is 9.04. The van der Waals surface area contributed by atoms with E-state index in [0.717, 1.165) is 47.8 Å². The van der Waals surface area contributed by atoms with Gasteiger partial charge in [0.25, 0.3) is 0 Å². The van der Waals surface area contributed by atoms with Crippen LogP contribution in [0.3, 0.4) is 0 Å². The summed E-state index contributed by atoms with van der Waals surface area (Å²) in [5, 5.41) is 8.27. The second-order valence-corrected chi connectivity index (χ2v) is 9.93. The van der Waals surface area contributed by atoms with Crippen molar-refractivity contribution in [1.82, 2.24) is 15.5 Å². The predicted octanol–water partition coefficient (Wildman–Crippen LogP) is 3.45. The van der Waals surface area contributed by atoms with Crippen LogP contribution in [0.4, 0.5) is 0 Å². The van der Waals surface area contributed by atoms with Gasteiger partial charge in [0, 0.05) is 24.2 Å². The second kappa shape index (κ2) is 5.69. The molecule has 0 amide bonds. The van der Waals surface area contributed by atoms with Crippen molar-refractivity contribution in [2.24, 2.45) is 23.7 Å². The molecule has 0 spiro atoms. The van der Waals surface area contributed by atoms with E-state index in [0.29, 0.717) is 6.29 Å². The highest BCUT2D eigenvalue weighted by Gasteiger charge is 2.56. The van der Waals surface area contributed by atoms with E-state index in [1.807, 2.05) is 0 Å². The predicted molar refractivity (Wildman–Crippen MR) is 96.4 cm³/mol. The first kappa shape index (κ1) is 15.0. The van der Waals surface area contributed by atoms with E-state index >= 15 is 0 Å². The lowest BCUT2D eigenvalue weighted by Crippen LogP contribution is -2.80. The second-order valence-electron chi connectivity index (χ2n) is 9.93. The molecule has 134 valence electrons. The lowest BCUT2D eigenvalue weighted by atomic mass is 9.60. The Morgan fingerprint density at radius 3 is 1.50 bits per heavy atom. The molecule has 2 N–H and O–H groups in total. The lowest BCUT2D eigenvalue weighted by molar-refractivity contribution is -0.156. The molecule has 0 aromatic rings. The molecule has 6 aliphatic rings. The van der Waals surface area contributed by atoms with Gasteiger partial charge < -0.3 is 0 Å². The molecule has 0 aromatic carbocycles. The highest BCUT2D eigenvalue weighted by molar-refractivity contribution is 5.10. The summed E-state index contributed by atoms with van der Waals surface area (Å²) in [7, 11) is 0. The maximum absolute atomic E-state index is 4.14. The maximum Gasteiger partial charge on any atom is 0.115 e. The molecule has 6 rings (SSSR count). The average Bonchev–Trinajstić information content (AvgIpc) is 2.62. The van der Waals surface area contributed by atoms with Crippen LogP contribution >= 0.6 is 0 Å². The zero-order chi connectivity index (χ0) is 15.7. The van der Waals surface area contributed by atoms with Crippen LogP contribution in [0.2, 0.25) is 0 Å². The van der Waals surface area contributed by atoms with Crippen LogP contribution in [0, 0.1) is 23.7 Å². The van der Waals surface area contributed by atoms with Gasteiger partial charge in [0.1, 0.15) is 6.29 Å². The first-order chi connectivity index (χ1) is 11.9. The van der Waals surface area contributed by atoms with Gasteiger partial charge in [-0.15, -0.1) is 0 Å². The zero-order valence-corrected chi connectivity index (χ0v) is 15.1. The summed E-state index contributed by atoms with van der Waals surface area (Å²) in [5.41, 5.74) is 0. The third kappa shape index (κ3) is 2.07. The molecule has 8 unspecified atom stereocenters. The molecule has 3 heteroatoms. The molecule has 0 radical (unpaired) electrons. The highest BCUT2D eigenvalue weighted by Crippen LogP contribution is 2.51. The number of rotatable bonds is 0. The first-order valence-corrected chi connectivity index (χ1v) is 11.2. The summed E-state index contributed by atoms with van der Waals surface area (Å²) in [6, 6.07) is 3.39. The Morgan fingerprint density at radius 2 is 1.00 bits per heavy atom. The van der Waals surface area contributed by atoms with E-state index in [2.05, 4.69) is 15.5 Å². The van der Waals surface area contributed by atoms with Gasteiger partial charge in [-0.3, -0.25) is 15.5 Å². The van der Waals surface area contributed by atoms with E-state index in [4.69, 9.17) is 0 Å². The maximum atomic E-state index is 4.14. The Morgan fingerprint density at radius 1 is 0.542 bits per heavy atom. The Labute approximate surface area is 147 Å². The Kier molecular flexibility index (Phi) is 3.55. The van der Waals surface area contributed by atoms with Crippen molar-refractivity contribution in [2.45, 2.75) is 108 Å². The van der Waals surface area contributed by atoms with Crippen LogP contribution in [0.25, 0.3) is 0 Å². The van der Waals surface area contributed by atoms with E-state index in [9.17, 15) is 0 Å². The van der Waals surface area contributed by atoms with Gasteiger partial charge in [0.05, 0.1) is 0 Å². The van der Waals surface area contributed by atoms with E-state index in [1.165, 1.54) is 77.0 Å². The fourth-order valence-corrected chi connectivity index (χ4v) is 8.37. The highest BCUT2D eigenvalue weighted by atomic mass is 15.5. The molecule has 0 aromatic heterocycles. The molecule has 4 aliphatic carbocycles. The van der Waals surface area contributed by atoms with Gasteiger partial charge in [-0.2, -0.15) is 0 Å². The van der Waals surface area contributed by atoms with Crippen LogP contribution in [-0.2, 0) is 0 Å². The minimum atomic E-state index is 0.496. The quantitative estimate of drug-likeness (QED) is 0.713. The van der Waals surface area contributed by atoms with E-state index < -0.39 is 0 Å². The van der Waals surface area contributed by atoms with Crippen molar-refractivity contribution in [2.75, 3.05) is 0 Å². The average molecular weight is 330 g/mol. The van der Waals surface area contributed by atoms with Gasteiger partial charge in [-0.1, -0.05) is 51.4 Å². The molecular weight excluding hydrogens is 294 g/mol. The number of nitrogens with one attached hydrogen (secondary N) is 2. The van der Waals surface area contributed by atoms with Gasteiger partial charge in [0.15, 0.2) is 0 Å². The van der Waals surface area contributed by atoms with Crippen molar-refractivity contribution < 1.29 is 0 Å². The summed E-state index contributed by atoms with van der Waals surface area (Å²) in [6.07, 6.45) is 18.3. The first-order valence-electron chi connectivity index (χ1n) is 11.2. The van der Waals surface area contributed by atoms with E-state index in [1.54, 1.807) is 0 Å². The minimum absolute atomic E-state index is 0.496. The van der Waals surface area contributed by atoms with Crippen molar-refractivity contribution in [3.63, 3.8) is 0 Å². The molecule has 3 nitrogen and oxygen atoms in total. The van der Waals surface area contributed by atoms with Crippen LogP contribution < -0.4 is 10.6 Å². The summed E-state index contributed by atoms with van der Waals surface area (Å²) in [6.45, 7) is 0. The molecule has 24 heavy (non-hydrogen) atoms. The number of hydrogen-bond donors (Lipinski definition) is 2. The third-order valence-electron chi connectivity index (χ3n) is 9.04. The SMILES string of the molecule is C1CC2CCCC3C2C(C1)NC1NC2CCCC4CCCC(C42)N13. The summed E-state index contributed by atoms with van der Waals surface area (Å²) in [4.78, 5) is 3.03. The monoisotopic (exact) mass is 329 g/mol. The van der Waals surface area contributed by atoms with Gasteiger partial charge in [0.2, 0.25) is 0 Å². The van der Waals surface area contributed by atoms with Gasteiger partial charge in [-0.25, -0.2) is 0 Å². The Balaban J connectivity index is 1.36. The van der Waals surface area contributed by atoms with Crippen LogP contribution in [0.1, 0.15) is 77.0 Å². The molecule has 2 heterocycles. The topological polar surface area (TPSA) is 27.3 Å². The molecule has 4 saturated carbocycles. The normalized spacial score (nSPS) is 56.8. The van der Waals surface area contributed by atoms with Crippen LogP contribution in [0.15, 0.2) is 0 Å². The smallest absolute Gasteiger partial charge is 0.115 e. The summed E-state index contributed by atoms with van der Waals surface area (Å²) < 4.78 is 0. The standard InChI is InChI=1S/C21H35N3/c1-5-13-7-3-11-17-19(13)15(9-1)22-21-23-16-10-2-6-14-8-4-12-18(20(14)16)24(17)21/h13-23H,1-12H2. The largest absolute Gasteiger partial charge is 0.286 e. The van der Waals surface area contributed by atoms with Crippen molar-refractivity contribution in [1.29, 1.82) is 0 Å². The van der Waals surface area contributed by atoms with Crippen molar-refractivity contribution >= 4 is 0 Å². The summed E-state index contributed by atoms with van der Waals surface area (Å²) in [5.74, 6) is 3.98. The minimum Gasteiger partial charge on any atom is -0.286 e. The van der Waals surface area contributed by atoms with E-state index in [-0.39, 0.29) is 0 Å². The number of nitrogens with zero attached hydrogens (tertiary/aromatic N) is 1. The van der Waals surface area contributed by atoms with Crippen molar-refractivity contribution in [3.05, 3.63) is 0 Å². The fraction of sp³-hybridized carbons (Fsp3) is 1.00. The van der Waals surface area contributed by atoms with Gasteiger partial charge in [-0.05, 0) is 49.4 Å². The van der Waals surface area contributed by atoms with Gasteiger partial charge >= 0.3 is 0 Å². The Bertz CT molecular complexity index is 447. The summed E-state index contributed by atoms with van der Waals surface area (Å²) >= 11 is 0. The molecule has 2 saturated heterocycles. The zero-order valence-electron chi connectivity index (χ0n) is 15.1. The molecular formula is C21H35N3. The van der Waals surface area contributed by atoms with Crippen molar-refractivity contribution in [3.8, 4) is 0 Å². The molecule has 6 fully saturated rings. The number of hydrogen-bond acceptors (Lipinski definition) is 3.